The highest BCUT2D eigenvalue weighted by molar-refractivity contribution is 7.14. The van der Waals surface area contributed by atoms with Gasteiger partial charge in [0.05, 0.1) is 39.7 Å². The van der Waals surface area contributed by atoms with Gasteiger partial charge in [-0.2, -0.15) is 0 Å². The zero-order valence-electron chi connectivity index (χ0n) is 24.8. The highest BCUT2D eigenvalue weighted by Gasteiger charge is 2.29. The Hall–Kier alpha value is -4.65. The molecule has 43 heavy (non-hydrogen) atoms. The van der Waals surface area contributed by atoms with Gasteiger partial charge in [-0.15, -0.1) is 11.3 Å². The van der Waals surface area contributed by atoms with Gasteiger partial charge in [-0.1, -0.05) is 6.07 Å². The van der Waals surface area contributed by atoms with Gasteiger partial charge in [0.25, 0.3) is 0 Å². The van der Waals surface area contributed by atoms with Gasteiger partial charge in [0, 0.05) is 17.9 Å². The summed E-state index contributed by atoms with van der Waals surface area (Å²) in [4.78, 5) is 54.6. The molecule has 228 valence electrons. The number of esters is 1. The fourth-order valence-electron chi connectivity index (χ4n) is 4.97. The number of amides is 2. The lowest BCUT2D eigenvalue weighted by atomic mass is 9.95. The molecule has 0 fully saturated rings. The monoisotopic (exact) mass is 610 g/mol. The van der Waals surface area contributed by atoms with Crippen molar-refractivity contribution in [2.24, 2.45) is 0 Å². The number of anilines is 2. The van der Waals surface area contributed by atoms with Gasteiger partial charge in [0.2, 0.25) is 23.0 Å². The molecule has 0 radical (unpaired) electrons. The van der Waals surface area contributed by atoms with Crippen LogP contribution in [0.15, 0.2) is 34.4 Å². The molecule has 12 nitrogen and oxygen atoms in total. The first-order valence-corrected chi connectivity index (χ1v) is 14.5. The standard InChI is InChI=1S/C30H34N4O8S/c1-7-42-29(38)22-14-43-30(33-22)34-28(37)15(2)31-21-11-9-18-19(13-23(21)36)20(32-16(3)35)10-8-17-12-24(39-4)26(40-5)27(41-6)25(17)18/h9,11-15,20H,7-8,10H2,1-6H3,(H,31,36)(H,32,35)(H,33,34,37)/t15-,20+/m0/s1. The highest BCUT2D eigenvalue weighted by Crippen LogP contribution is 2.50. The minimum atomic E-state index is -0.845. The molecular formula is C30H34N4O8S. The number of benzene rings is 1. The summed E-state index contributed by atoms with van der Waals surface area (Å²) in [6.45, 7) is 4.93. The highest BCUT2D eigenvalue weighted by atomic mass is 32.1. The van der Waals surface area contributed by atoms with Crippen LogP contribution in [0.2, 0.25) is 0 Å². The van der Waals surface area contributed by atoms with Crippen LogP contribution in [-0.4, -0.2) is 56.7 Å². The van der Waals surface area contributed by atoms with Gasteiger partial charge >= 0.3 is 5.97 Å². The number of methoxy groups -OCH3 is 3. The normalized spacial score (nSPS) is 14.2. The topological polar surface area (TPSA) is 154 Å². The molecule has 4 rings (SSSR count). The molecule has 2 atom stereocenters. The Morgan fingerprint density at radius 2 is 1.84 bits per heavy atom. The second kappa shape index (κ2) is 13.6. The van der Waals surface area contributed by atoms with Gasteiger partial charge in [0.15, 0.2) is 22.3 Å². The Labute approximate surface area is 252 Å². The van der Waals surface area contributed by atoms with E-state index in [0.717, 1.165) is 22.5 Å². The number of aryl methyl sites for hydroxylation is 1. The summed E-state index contributed by atoms with van der Waals surface area (Å²) in [7, 11) is 4.59. The van der Waals surface area contributed by atoms with Gasteiger partial charge in [0.1, 0.15) is 6.04 Å². The van der Waals surface area contributed by atoms with E-state index in [1.807, 2.05) is 6.07 Å². The van der Waals surface area contributed by atoms with Crippen LogP contribution in [-0.2, 0) is 20.7 Å². The lowest BCUT2D eigenvalue weighted by Gasteiger charge is -2.19. The Morgan fingerprint density at radius 3 is 2.49 bits per heavy atom. The van der Waals surface area contributed by atoms with Crippen LogP contribution >= 0.6 is 11.3 Å². The molecule has 0 saturated carbocycles. The largest absolute Gasteiger partial charge is 0.493 e. The molecule has 1 heterocycles. The molecule has 2 aromatic carbocycles. The molecule has 1 aromatic heterocycles. The van der Waals surface area contributed by atoms with Gasteiger partial charge in [-0.3, -0.25) is 14.4 Å². The molecule has 1 aliphatic rings. The fourth-order valence-corrected chi connectivity index (χ4v) is 5.65. The van der Waals surface area contributed by atoms with Crippen molar-refractivity contribution in [1.29, 1.82) is 0 Å². The second-order valence-corrected chi connectivity index (χ2v) is 10.6. The third-order valence-electron chi connectivity index (χ3n) is 6.90. The molecule has 0 spiro atoms. The summed E-state index contributed by atoms with van der Waals surface area (Å²) in [6.07, 6.45) is 1.09. The first-order chi connectivity index (χ1) is 20.6. The number of hydrogen-bond acceptors (Lipinski definition) is 11. The number of ether oxygens (including phenoxy) is 4. The Balaban J connectivity index is 1.73. The third-order valence-corrected chi connectivity index (χ3v) is 7.66. The quantitative estimate of drug-likeness (QED) is 0.288. The van der Waals surface area contributed by atoms with E-state index in [2.05, 4.69) is 20.9 Å². The van der Waals surface area contributed by atoms with E-state index in [-0.39, 0.29) is 34.5 Å². The van der Waals surface area contributed by atoms with Crippen molar-refractivity contribution in [3.63, 3.8) is 0 Å². The summed E-state index contributed by atoms with van der Waals surface area (Å²) < 4.78 is 21.9. The van der Waals surface area contributed by atoms with Crippen LogP contribution in [0.3, 0.4) is 0 Å². The third kappa shape index (κ3) is 6.72. The lowest BCUT2D eigenvalue weighted by Crippen LogP contribution is -2.33. The van der Waals surface area contributed by atoms with E-state index in [0.29, 0.717) is 41.2 Å². The predicted octanol–water partition coefficient (Wildman–Crippen LogP) is 3.94. The molecule has 3 N–H and O–H groups in total. The molecule has 0 unspecified atom stereocenters. The Kier molecular flexibility index (Phi) is 9.86. The van der Waals surface area contributed by atoms with Crippen LogP contribution < -0.4 is 35.6 Å². The summed E-state index contributed by atoms with van der Waals surface area (Å²) in [6, 6.07) is 5.41. The fraction of sp³-hybridized carbons (Fsp3) is 0.367. The minimum Gasteiger partial charge on any atom is -0.493 e. The van der Waals surface area contributed by atoms with Crippen LogP contribution in [0, 0.1) is 0 Å². The first-order valence-electron chi connectivity index (χ1n) is 13.6. The van der Waals surface area contributed by atoms with Crippen molar-refractivity contribution in [1.82, 2.24) is 10.3 Å². The minimum absolute atomic E-state index is 0.0971. The molecule has 1 aliphatic carbocycles. The number of carbonyl (C=O) groups excluding carboxylic acids is 3. The SMILES string of the molecule is CCOC(=O)c1csc(NC(=O)[C@H](C)Nc2ccc3c(cc2=O)[C@H](NC(C)=O)CCc2cc(OC)c(OC)c(OC)c2-3)n1. The number of hydrogen-bond donors (Lipinski definition) is 3. The maximum Gasteiger partial charge on any atom is 0.357 e. The Morgan fingerprint density at radius 1 is 1.09 bits per heavy atom. The summed E-state index contributed by atoms with van der Waals surface area (Å²) in [5.41, 5.74) is 2.78. The number of nitrogens with zero attached hydrogens (tertiary/aromatic N) is 1. The van der Waals surface area contributed by atoms with Crippen molar-refractivity contribution >= 4 is 39.9 Å². The number of fused-ring (bicyclic) bond motifs is 3. The van der Waals surface area contributed by atoms with Crippen LogP contribution in [0.5, 0.6) is 17.2 Å². The van der Waals surface area contributed by atoms with Crippen molar-refractivity contribution in [3.05, 3.63) is 56.7 Å². The van der Waals surface area contributed by atoms with Crippen molar-refractivity contribution in [3.8, 4) is 28.4 Å². The van der Waals surface area contributed by atoms with Crippen molar-refractivity contribution in [2.75, 3.05) is 38.6 Å². The Bertz CT molecular complexity index is 1610. The smallest absolute Gasteiger partial charge is 0.357 e. The number of thiazole rings is 1. The average molecular weight is 611 g/mol. The van der Waals surface area contributed by atoms with Gasteiger partial charge in [-0.05, 0) is 61.6 Å². The van der Waals surface area contributed by atoms with Crippen LogP contribution in [0.4, 0.5) is 10.8 Å². The summed E-state index contributed by atoms with van der Waals surface area (Å²) in [5.74, 6) is 0.0627. The van der Waals surface area contributed by atoms with E-state index < -0.39 is 24.0 Å². The lowest BCUT2D eigenvalue weighted by molar-refractivity contribution is -0.119. The molecule has 13 heteroatoms. The number of rotatable bonds is 10. The van der Waals surface area contributed by atoms with Crippen molar-refractivity contribution in [2.45, 2.75) is 45.7 Å². The van der Waals surface area contributed by atoms with Gasteiger partial charge in [-0.25, -0.2) is 9.78 Å². The predicted molar refractivity (Wildman–Crippen MR) is 162 cm³/mol. The van der Waals surface area contributed by atoms with E-state index in [4.69, 9.17) is 18.9 Å². The van der Waals surface area contributed by atoms with E-state index in [1.54, 1.807) is 33.1 Å². The second-order valence-electron chi connectivity index (χ2n) is 9.71. The van der Waals surface area contributed by atoms with Crippen LogP contribution in [0.1, 0.15) is 54.8 Å². The van der Waals surface area contributed by atoms with Crippen LogP contribution in [0.25, 0.3) is 11.1 Å². The molecule has 3 aromatic rings. The van der Waals surface area contributed by atoms with Gasteiger partial charge < -0.3 is 34.9 Å². The molecule has 0 aliphatic heterocycles. The maximum absolute atomic E-state index is 13.5. The van der Waals surface area contributed by atoms with Crippen molar-refractivity contribution < 1.29 is 33.3 Å². The molecule has 2 amide bonds. The number of aromatic nitrogens is 1. The summed E-state index contributed by atoms with van der Waals surface area (Å²) >= 11 is 1.08. The molecule has 0 bridgehead atoms. The van der Waals surface area contributed by atoms with E-state index in [1.165, 1.54) is 32.6 Å². The maximum atomic E-state index is 13.5. The molecule has 0 saturated heterocycles. The number of carbonyl (C=O) groups is 3. The van der Waals surface area contributed by atoms with E-state index >= 15 is 0 Å². The molecular weight excluding hydrogens is 576 g/mol. The van der Waals surface area contributed by atoms with E-state index in [9.17, 15) is 19.2 Å². The zero-order valence-corrected chi connectivity index (χ0v) is 25.6. The first kappa shape index (κ1) is 31.3. The average Bonchev–Trinajstić information content (AvgIpc) is 3.33. The summed E-state index contributed by atoms with van der Waals surface area (Å²) in [5, 5.41) is 10.3. The zero-order chi connectivity index (χ0) is 31.3. The number of nitrogens with one attached hydrogen (secondary N) is 3.